The smallest absolute Gasteiger partial charge is 0.334 e. The minimum Gasteiger partial charge on any atom is -0.336 e. The van der Waals surface area contributed by atoms with Crippen LogP contribution in [0.15, 0.2) is 78.9 Å². The lowest BCUT2D eigenvalue weighted by Crippen LogP contribution is -2.73. The van der Waals surface area contributed by atoms with Crippen LogP contribution in [0.2, 0.25) is 0 Å². The molecule has 2 atom stereocenters. The summed E-state index contributed by atoms with van der Waals surface area (Å²) in [6.45, 7) is 0.538. The molecule has 0 saturated carbocycles. The van der Waals surface area contributed by atoms with Gasteiger partial charge in [0.15, 0.2) is 0 Å². The molecule has 202 valence electrons. The molecule has 0 radical (unpaired) electrons. The van der Waals surface area contributed by atoms with Gasteiger partial charge in [0.1, 0.15) is 23.8 Å². The first-order valence-corrected chi connectivity index (χ1v) is 12.7. The Balaban J connectivity index is 1.42. The molecule has 3 aromatic rings. The molecule has 2 aliphatic rings. The minimum atomic E-state index is -0.897. The van der Waals surface area contributed by atoms with Crippen molar-refractivity contribution in [3.8, 4) is 0 Å². The molecule has 39 heavy (non-hydrogen) atoms. The van der Waals surface area contributed by atoms with E-state index in [1.807, 2.05) is 18.2 Å². The number of amides is 4. The number of hydrogen-bond donors (Lipinski definition) is 1. The third-order valence-corrected chi connectivity index (χ3v) is 7.09. The molecular weight excluding hydrogens is 504 g/mol. The summed E-state index contributed by atoms with van der Waals surface area (Å²) in [5, 5.41) is 5.88. The summed E-state index contributed by atoms with van der Waals surface area (Å²) in [5.41, 5.74) is 2.25. The normalized spacial score (nSPS) is 19.7. The number of halogens is 2. The van der Waals surface area contributed by atoms with Crippen LogP contribution in [0.3, 0.4) is 0 Å². The van der Waals surface area contributed by atoms with Gasteiger partial charge in [0.2, 0.25) is 11.8 Å². The summed E-state index contributed by atoms with van der Waals surface area (Å²) in [6.07, 6.45) is -0.263. The number of hydrazine groups is 1. The highest BCUT2D eigenvalue weighted by atomic mass is 19.1. The fourth-order valence-electron chi connectivity index (χ4n) is 5.13. The molecule has 5 rings (SSSR count). The van der Waals surface area contributed by atoms with E-state index < -0.39 is 18.2 Å². The van der Waals surface area contributed by atoms with Crippen LogP contribution < -0.4 is 5.32 Å². The number of fused-ring (bicyclic) bond motifs is 1. The van der Waals surface area contributed by atoms with Crippen molar-refractivity contribution in [2.24, 2.45) is 0 Å². The molecule has 0 aliphatic carbocycles. The average molecular weight is 534 g/mol. The predicted molar refractivity (Wildman–Crippen MR) is 140 cm³/mol. The van der Waals surface area contributed by atoms with E-state index >= 15 is 0 Å². The Hall–Kier alpha value is -4.31. The summed E-state index contributed by atoms with van der Waals surface area (Å²) in [5.74, 6) is -1.19. The fourth-order valence-corrected chi connectivity index (χ4v) is 5.13. The summed E-state index contributed by atoms with van der Waals surface area (Å²) < 4.78 is 26.7. The number of likely N-dealkylation sites (N-methyl/N-ethyl adjacent to an activating group) is 1. The first kappa shape index (κ1) is 26.3. The van der Waals surface area contributed by atoms with Gasteiger partial charge >= 0.3 is 6.03 Å². The van der Waals surface area contributed by atoms with E-state index in [0.29, 0.717) is 18.5 Å². The van der Waals surface area contributed by atoms with Gasteiger partial charge in [0, 0.05) is 20.1 Å². The number of hydrogen-bond acceptors (Lipinski definition) is 4. The van der Waals surface area contributed by atoms with E-state index in [0.717, 1.165) is 11.1 Å². The standard InChI is InChI=1S/C29H29F2N5O3/c1-33-19-26(37)35-25(36(33)29(39)32-17-21-9-13-24(31)14-10-21)18-34(16-15-20-7-11-23(30)12-8-20)28(38)27(35)22-5-3-2-4-6-22/h2-14,25,27H,15-19H2,1H3,(H,32,39)/t25-,27?/m0/s1. The van der Waals surface area contributed by atoms with Gasteiger partial charge in [0.05, 0.1) is 13.1 Å². The van der Waals surface area contributed by atoms with Gasteiger partial charge in [-0.15, -0.1) is 0 Å². The van der Waals surface area contributed by atoms with E-state index in [1.165, 1.54) is 34.2 Å². The number of nitrogens with zero attached hydrogens (tertiary/aromatic N) is 4. The molecule has 2 heterocycles. The van der Waals surface area contributed by atoms with Crippen molar-refractivity contribution in [1.29, 1.82) is 0 Å². The second kappa shape index (κ2) is 11.2. The summed E-state index contributed by atoms with van der Waals surface area (Å²) in [6, 6.07) is 19.7. The van der Waals surface area contributed by atoms with Crippen LogP contribution in [0.5, 0.6) is 0 Å². The quantitative estimate of drug-likeness (QED) is 0.528. The van der Waals surface area contributed by atoms with Crippen LogP contribution in [0.4, 0.5) is 13.6 Å². The zero-order chi connectivity index (χ0) is 27.5. The minimum absolute atomic E-state index is 0.0767. The maximum atomic E-state index is 13.8. The van der Waals surface area contributed by atoms with E-state index in [9.17, 15) is 23.2 Å². The Morgan fingerprint density at radius 1 is 0.897 bits per heavy atom. The lowest BCUT2D eigenvalue weighted by Gasteiger charge is -2.54. The summed E-state index contributed by atoms with van der Waals surface area (Å²) >= 11 is 0. The first-order chi connectivity index (χ1) is 18.8. The molecule has 2 saturated heterocycles. The van der Waals surface area contributed by atoms with E-state index in [2.05, 4.69) is 5.32 Å². The van der Waals surface area contributed by atoms with E-state index in [4.69, 9.17) is 0 Å². The van der Waals surface area contributed by atoms with Crippen LogP contribution >= 0.6 is 0 Å². The molecule has 4 amide bonds. The number of rotatable bonds is 6. The Morgan fingerprint density at radius 3 is 2.15 bits per heavy atom. The van der Waals surface area contributed by atoms with Crippen molar-refractivity contribution >= 4 is 17.8 Å². The maximum absolute atomic E-state index is 13.8. The van der Waals surface area contributed by atoms with Crippen molar-refractivity contribution in [1.82, 2.24) is 25.1 Å². The average Bonchev–Trinajstić information content (AvgIpc) is 2.93. The molecule has 2 aliphatic heterocycles. The molecule has 0 bridgehead atoms. The van der Waals surface area contributed by atoms with Crippen LogP contribution in [-0.2, 0) is 22.6 Å². The molecule has 0 spiro atoms. The van der Waals surface area contributed by atoms with Crippen molar-refractivity contribution in [2.45, 2.75) is 25.2 Å². The lowest BCUT2D eigenvalue weighted by molar-refractivity contribution is -0.187. The number of urea groups is 1. The van der Waals surface area contributed by atoms with Gasteiger partial charge in [-0.25, -0.2) is 23.6 Å². The van der Waals surface area contributed by atoms with Crippen LogP contribution in [0.1, 0.15) is 22.7 Å². The molecular formula is C29H29F2N5O3. The lowest BCUT2D eigenvalue weighted by atomic mass is 9.98. The topological polar surface area (TPSA) is 76.2 Å². The highest BCUT2D eigenvalue weighted by Crippen LogP contribution is 2.34. The summed E-state index contributed by atoms with van der Waals surface area (Å²) in [4.78, 5) is 43.8. The Bertz CT molecular complexity index is 1340. The SMILES string of the molecule is CN1CC(=O)N2C(c3ccccc3)C(=O)N(CCc3ccc(F)cc3)C[C@@H]2N1C(=O)NCc1ccc(F)cc1. The first-order valence-electron chi connectivity index (χ1n) is 12.7. The van der Waals surface area contributed by atoms with Gasteiger partial charge in [-0.2, -0.15) is 0 Å². The van der Waals surface area contributed by atoms with Gasteiger partial charge < -0.3 is 15.1 Å². The molecule has 3 aromatic carbocycles. The number of benzene rings is 3. The number of carbonyl (C=O) groups is 3. The van der Waals surface area contributed by atoms with Crippen molar-refractivity contribution < 1.29 is 23.2 Å². The van der Waals surface area contributed by atoms with Crippen LogP contribution in [-0.4, -0.2) is 70.5 Å². The highest BCUT2D eigenvalue weighted by Gasteiger charge is 2.51. The van der Waals surface area contributed by atoms with E-state index in [-0.39, 0.29) is 43.1 Å². The predicted octanol–water partition coefficient (Wildman–Crippen LogP) is 3.32. The maximum Gasteiger partial charge on any atom is 0.334 e. The fraction of sp³-hybridized carbons (Fsp3) is 0.276. The number of piperazine rings is 1. The Kier molecular flexibility index (Phi) is 7.56. The molecule has 2 fully saturated rings. The van der Waals surface area contributed by atoms with Crippen LogP contribution in [0, 0.1) is 11.6 Å². The second-order valence-electron chi connectivity index (χ2n) is 9.70. The Morgan fingerprint density at radius 2 is 1.51 bits per heavy atom. The van der Waals surface area contributed by atoms with Crippen molar-refractivity contribution in [2.75, 3.05) is 26.7 Å². The number of carbonyl (C=O) groups excluding carboxylic acids is 3. The Labute approximate surface area is 225 Å². The van der Waals surface area contributed by atoms with E-state index in [1.54, 1.807) is 53.4 Å². The van der Waals surface area contributed by atoms with Crippen LogP contribution in [0.25, 0.3) is 0 Å². The van der Waals surface area contributed by atoms with Gasteiger partial charge in [-0.3, -0.25) is 9.59 Å². The molecule has 10 heteroatoms. The largest absolute Gasteiger partial charge is 0.336 e. The van der Waals surface area contributed by atoms with Crippen molar-refractivity contribution in [3.63, 3.8) is 0 Å². The summed E-state index contributed by atoms with van der Waals surface area (Å²) in [7, 11) is 1.66. The molecule has 0 aromatic heterocycles. The van der Waals surface area contributed by atoms with Gasteiger partial charge in [-0.05, 0) is 47.4 Å². The molecule has 1 N–H and O–H groups in total. The second-order valence-corrected chi connectivity index (χ2v) is 9.70. The zero-order valence-corrected chi connectivity index (χ0v) is 21.5. The zero-order valence-electron chi connectivity index (χ0n) is 21.5. The van der Waals surface area contributed by atoms with Gasteiger partial charge in [-0.1, -0.05) is 54.6 Å². The van der Waals surface area contributed by atoms with Gasteiger partial charge in [0.25, 0.3) is 0 Å². The third-order valence-electron chi connectivity index (χ3n) is 7.09. The monoisotopic (exact) mass is 533 g/mol. The molecule has 1 unspecified atom stereocenters. The molecule has 8 nitrogen and oxygen atoms in total. The van der Waals surface area contributed by atoms with Crippen molar-refractivity contribution in [3.05, 3.63) is 107 Å². The number of nitrogens with one attached hydrogen (secondary N) is 1. The highest BCUT2D eigenvalue weighted by molar-refractivity contribution is 5.92. The third kappa shape index (κ3) is 5.61.